The van der Waals surface area contributed by atoms with Crippen molar-refractivity contribution in [2.45, 2.75) is 50.0 Å². The van der Waals surface area contributed by atoms with Crippen molar-refractivity contribution in [2.75, 3.05) is 5.32 Å². The van der Waals surface area contributed by atoms with Gasteiger partial charge in [-0.05, 0) is 62.2 Å². The second-order valence-corrected chi connectivity index (χ2v) is 10.0. The largest absolute Gasteiger partial charge is 0.463 e. The molecular formula is C25H26N2O5S. The van der Waals surface area contributed by atoms with Crippen molar-refractivity contribution in [3.05, 3.63) is 76.2 Å². The molecule has 4 rings (SSSR count). The summed E-state index contributed by atoms with van der Waals surface area (Å²) in [5.74, 6) is -0.449. The Labute approximate surface area is 192 Å². The molecule has 2 N–H and O–H groups in total. The molecule has 0 spiro atoms. The lowest BCUT2D eigenvalue weighted by molar-refractivity contribution is -0.111. The molecule has 1 fully saturated rings. The zero-order valence-corrected chi connectivity index (χ0v) is 19.2. The van der Waals surface area contributed by atoms with Crippen molar-refractivity contribution in [3.8, 4) is 0 Å². The average molecular weight is 467 g/mol. The van der Waals surface area contributed by atoms with Crippen LogP contribution < -0.4 is 15.5 Å². The van der Waals surface area contributed by atoms with E-state index in [0.717, 1.165) is 37.7 Å². The standard InChI is InChI=1S/C25H26N2O5S/c1-17-7-13-23-22(15-17)25(29)18(16-32-23)8-14-24(28)26-19-9-11-21(12-10-19)33(30,31)27-20-5-3-2-4-6-20/h7-16,20,27H,2-6H2,1H3,(H,26,28)/b14-8+. The minimum atomic E-state index is -3.60. The molecule has 0 aliphatic heterocycles. The van der Waals surface area contributed by atoms with Crippen molar-refractivity contribution in [3.63, 3.8) is 0 Å². The third kappa shape index (κ3) is 5.58. The van der Waals surface area contributed by atoms with Crippen molar-refractivity contribution in [1.82, 2.24) is 4.72 Å². The molecule has 0 atom stereocenters. The summed E-state index contributed by atoms with van der Waals surface area (Å²) in [6.07, 6.45) is 8.89. The van der Waals surface area contributed by atoms with Crippen LogP contribution in [-0.4, -0.2) is 20.4 Å². The number of carbonyl (C=O) groups excluding carboxylic acids is 1. The minimum Gasteiger partial charge on any atom is -0.463 e. The number of hydrogen-bond donors (Lipinski definition) is 2. The van der Waals surface area contributed by atoms with E-state index in [4.69, 9.17) is 4.42 Å². The van der Waals surface area contributed by atoms with Gasteiger partial charge in [0.2, 0.25) is 15.9 Å². The first-order chi connectivity index (χ1) is 15.8. The number of fused-ring (bicyclic) bond motifs is 1. The Morgan fingerprint density at radius 3 is 2.52 bits per heavy atom. The second-order valence-electron chi connectivity index (χ2n) is 8.32. The van der Waals surface area contributed by atoms with Gasteiger partial charge in [0.05, 0.1) is 15.8 Å². The molecule has 172 valence electrons. The Bertz CT molecular complexity index is 1350. The molecule has 1 aliphatic carbocycles. The number of carbonyl (C=O) groups is 1. The molecule has 0 radical (unpaired) electrons. The fraction of sp³-hybridized carbons (Fsp3) is 0.280. The van der Waals surface area contributed by atoms with Crippen LogP contribution in [0.3, 0.4) is 0 Å². The van der Waals surface area contributed by atoms with E-state index in [1.807, 2.05) is 13.0 Å². The van der Waals surface area contributed by atoms with Gasteiger partial charge in [-0.25, -0.2) is 13.1 Å². The van der Waals surface area contributed by atoms with Gasteiger partial charge in [0.15, 0.2) is 5.43 Å². The average Bonchev–Trinajstić information content (AvgIpc) is 2.80. The van der Waals surface area contributed by atoms with E-state index in [1.165, 1.54) is 42.7 Å². The van der Waals surface area contributed by atoms with E-state index in [0.29, 0.717) is 16.7 Å². The summed E-state index contributed by atoms with van der Waals surface area (Å²) in [6, 6.07) is 11.3. The van der Waals surface area contributed by atoms with Gasteiger partial charge < -0.3 is 9.73 Å². The van der Waals surface area contributed by atoms with E-state index in [2.05, 4.69) is 10.0 Å². The number of rotatable bonds is 6. The predicted octanol–water partition coefficient (Wildman–Crippen LogP) is 4.36. The Kier molecular flexibility index (Phi) is 6.76. The zero-order valence-electron chi connectivity index (χ0n) is 18.3. The smallest absolute Gasteiger partial charge is 0.248 e. The molecular weight excluding hydrogens is 440 g/mol. The summed E-state index contributed by atoms with van der Waals surface area (Å²) in [5.41, 5.74) is 1.92. The lowest BCUT2D eigenvalue weighted by Gasteiger charge is -2.22. The first kappa shape index (κ1) is 22.9. The summed E-state index contributed by atoms with van der Waals surface area (Å²) in [7, 11) is -3.60. The molecule has 1 amide bonds. The molecule has 7 nitrogen and oxygen atoms in total. The van der Waals surface area contributed by atoms with Gasteiger partial charge in [-0.3, -0.25) is 9.59 Å². The SMILES string of the molecule is Cc1ccc2occ(/C=C/C(=O)Nc3ccc(S(=O)(=O)NC4CCCCC4)cc3)c(=O)c2c1. The highest BCUT2D eigenvalue weighted by Gasteiger charge is 2.21. The maximum Gasteiger partial charge on any atom is 0.248 e. The monoisotopic (exact) mass is 466 g/mol. The Hall–Kier alpha value is -3.23. The zero-order chi connectivity index (χ0) is 23.4. The number of amides is 1. The van der Waals surface area contributed by atoms with Gasteiger partial charge >= 0.3 is 0 Å². The van der Waals surface area contributed by atoms with Crippen molar-refractivity contribution in [2.24, 2.45) is 0 Å². The van der Waals surface area contributed by atoms with Crippen LogP contribution in [0.1, 0.15) is 43.2 Å². The van der Waals surface area contributed by atoms with Crippen molar-refractivity contribution >= 4 is 38.7 Å². The molecule has 2 aromatic carbocycles. The first-order valence-electron chi connectivity index (χ1n) is 11.0. The van der Waals surface area contributed by atoms with Crippen LogP contribution in [0.2, 0.25) is 0 Å². The fourth-order valence-electron chi connectivity index (χ4n) is 3.95. The van der Waals surface area contributed by atoms with E-state index >= 15 is 0 Å². The minimum absolute atomic E-state index is 0.0232. The number of hydrogen-bond acceptors (Lipinski definition) is 5. The highest BCUT2D eigenvalue weighted by molar-refractivity contribution is 7.89. The van der Waals surface area contributed by atoms with Crippen molar-refractivity contribution in [1.29, 1.82) is 0 Å². The molecule has 0 unspecified atom stereocenters. The van der Waals surface area contributed by atoms with E-state index < -0.39 is 15.9 Å². The fourth-order valence-corrected chi connectivity index (χ4v) is 5.25. The molecule has 3 aromatic rings. The quantitative estimate of drug-likeness (QED) is 0.525. The van der Waals surface area contributed by atoms with Crippen LogP contribution in [0.5, 0.6) is 0 Å². The van der Waals surface area contributed by atoms with E-state index in [-0.39, 0.29) is 21.9 Å². The molecule has 33 heavy (non-hydrogen) atoms. The molecule has 1 aromatic heterocycles. The number of sulfonamides is 1. The number of anilines is 1. The summed E-state index contributed by atoms with van der Waals surface area (Å²) >= 11 is 0. The third-order valence-corrected chi connectivity index (χ3v) is 7.26. The lowest BCUT2D eigenvalue weighted by Crippen LogP contribution is -2.36. The lowest BCUT2D eigenvalue weighted by atomic mass is 9.96. The predicted molar refractivity (Wildman–Crippen MR) is 129 cm³/mol. The van der Waals surface area contributed by atoms with Gasteiger partial charge in [0.25, 0.3) is 0 Å². The van der Waals surface area contributed by atoms with E-state index in [9.17, 15) is 18.0 Å². The summed E-state index contributed by atoms with van der Waals surface area (Å²) in [5, 5.41) is 3.12. The molecule has 0 bridgehead atoms. The van der Waals surface area contributed by atoms with Crippen LogP contribution in [0.4, 0.5) is 5.69 Å². The first-order valence-corrected chi connectivity index (χ1v) is 12.4. The number of nitrogens with one attached hydrogen (secondary N) is 2. The number of aryl methyl sites for hydroxylation is 1. The van der Waals surface area contributed by atoms with Gasteiger partial charge in [0, 0.05) is 17.8 Å². The molecule has 1 aliphatic rings. The summed E-state index contributed by atoms with van der Waals surface area (Å²) in [6.45, 7) is 1.89. The van der Waals surface area contributed by atoms with Crippen LogP contribution in [0.25, 0.3) is 17.0 Å². The topological polar surface area (TPSA) is 105 Å². The molecule has 1 heterocycles. The summed E-state index contributed by atoms with van der Waals surface area (Å²) < 4.78 is 33.4. The van der Waals surface area contributed by atoms with Gasteiger partial charge in [-0.15, -0.1) is 0 Å². The Morgan fingerprint density at radius 1 is 1.06 bits per heavy atom. The number of benzene rings is 2. The highest BCUT2D eigenvalue weighted by atomic mass is 32.2. The Balaban J connectivity index is 1.41. The summed E-state index contributed by atoms with van der Waals surface area (Å²) in [4.78, 5) is 25.1. The highest BCUT2D eigenvalue weighted by Crippen LogP contribution is 2.21. The van der Waals surface area contributed by atoms with Crippen LogP contribution in [0.15, 0.2) is 68.9 Å². The molecule has 0 saturated heterocycles. The van der Waals surface area contributed by atoms with Gasteiger partial charge in [-0.2, -0.15) is 0 Å². The Morgan fingerprint density at radius 2 is 1.79 bits per heavy atom. The maximum absolute atomic E-state index is 12.6. The third-order valence-electron chi connectivity index (χ3n) is 5.73. The normalized spacial score (nSPS) is 15.2. The van der Waals surface area contributed by atoms with E-state index in [1.54, 1.807) is 12.1 Å². The van der Waals surface area contributed by atoms with Crippen LogP contribution in [0, 0.1) is 6.92 Å². The van der Waals surface area contributed by atoms with Crippen LogP contribution >= 0.6 is 0 Å². The molecule has 1 saturated carbocycles. The van der Waals surface area contributed by atoms with Gasteiger partial charge in [0.1, 0.15) is 11.8 Å². The second kappa shape index (κ2) is 9.72. The van der Waals surface area contributed by atoms with Crippen LogP contribution in [-0.2, 0) is 14.8 Å². The molecule has 8 heteroatoms. The van der Waals surface area contributed by atoms with Gasteiger partial charge in [-0.1, -0.05) is 30.9 Å². The van der Waals surface area contributed by atoms with Crippen molar-refractivity contribution < 1.29 is 17.6 Å². The maximum atomic E-state index is 12.6.